The maximum atomic E-state index is 12.6. The van der Waals surface area contributed by atoms with Crippen LogP contribution in [0.5, 0.6) is 0 Å². The Kier molecular flexibility index (Phi) is 4.30. The van der Waals surface area contributed by atoms with Crippen molar-refractivity contribution >= 4 is 11.2 Å². The molecule has 20 heavy (non-hydrogen) atoms. The number of aromatic nitrogens is 2. The summed E-state index contributed by atoms with van der Waals surface area (Å²) >= 11 is -1.09. The third kappa shape index (κ3) is 3.00. The molecule has 0 aliphatic carbocycles. The van der Waals surface area contributed by atoms with Gasteiger partial charge < -0.3 is 9.87 Å². The van der Waals surface area contributed by atoms with E-state index in [-0.39, 0.29) is 5.25 Å². The fourth-order valence-corrected chi connectivity index (χ4v) is 3.77. The van der Waals surface area contributed by atoms with Gasteiger partial charge in [0, 0.05) is 29.4 Å². The summed E-state index contributed by atoms with van der Waals surface area (Å²) < 4.78 is 12.6. The molecule has 104 valence electrons. The van der Waals surface area contributed by atoms with Crippen molar-refractivity contribution in [2.45, 2.75) is 23.1 Å². The summed E-state index contributed by atoms with van der Waals surface area (Å²) in [6, 6.07) is 11.9. The molecule has 0 spiro atoms. The van der Waals surface area contributed by atoms with Crippen LogP contribution in [0.2, 0.25) is 0 Å². The number of piperidine rings is 1. The zero-order valence-electron chi connectivity index (χ0n) is 11.2. The first-order valence-electron chi connectivity index (χ1n) is 6.84. The third-order valence-electron chi connectivity index (χ3n) is 3.50. The summed E-state index contributed by atoms with van der Waals surface area (Å²) in [6.45, 7) is 1.81. The van der Waals surface area contributed by atoms with Crippen LogP contribution in [0.25, 0.3) is 11.1 Å². The number of rotatable bonds is 3. The Labute approximate surface area is 121 Å². The van der Waals surface area contributed by atoms with E-state index in [1.165, 1.54) is 0 Å². The van der Waals surface area contributed by atoms with Crippen molar-refractivity contribution in [1.82, 2.24) is 15.5 Å². The second-order valence-electron chi connectivity index (χ2n) is 4.91. The second kappa shape index (κ2) is 6.35. The lowest BCUT2D eigenvalue weighted by atomic mass is 10.1. The van der Waals surface area contributed by atoms with Gasteiger partial charge in [-0.3, -0.25) is 0 Å². The predicted molar refractivity (Wildman–Crippen MR) is 79.8 cm³/mol. The fourth-order valence-electron chi connectivity index (χ4n) is 2.41. The zero-order valence-corrected chi connectivity index (χ0v) is 12.0. The van der Waals surface area contributed by atoms with Crippen LogP contribution < -0.4 is 5.32 Å². The number of hydrogen-bond donors (Lipinski definition) is 1. The van der Waals surface area contributed by atoms with Crippen molar-refractivity contribution < 1.29 is 4.55 Å². The van der Waals surface area contributed by atoms with Crippen molar-refractivity contribution in [3.8, 4) is 11.1 Å². The molecule has 4 nitrogen and oxygen atoms in total. The van der Waals surface area contributed by atoms with Crippen molar-refractivity contribution in [2.24, 2.45) is 0 Å². The fraction of sp³-hybridized carbons (Fsp3) is 0.333. The zero-order chi connectivity index (χ0) is 13.8. The Balaban J connectivity index is 1.83. The summed E-state index contributed by atoms with van der Waals surface area (Å²) in [5, 5.41) is 12.1. The van der Waals surface area contributed by atoms with Gasteiger partial charge in [-0.15, -0.1) is 0 Å². The number of nitrogens with one attached hydrogen (secondary N) is 1. The van der Waals surface area contributed by atoms with E-state index >= 15 is 0 Å². The van der Waals surface area contributed by atoms with Crippen molar-refractivity contribution in [3.05, 3.63) is 42.6 Å². The lowest BCUT2D eigenvalue weighted by Gasteiger charge is -2.24. The van der Waals surface area contributed by atoms with E-state index in [4.69, 9.17) is 0 Å². The van der Waals surface area contributed by atoms with Crippen LogP contribution in [0.15, 0.2) is 47.6 Å². The Morgan fingerprint density at radius 2 is 2.05 bits per heavy atom. The molecule has 0 saturated carbocycles. The summed E-state index contributed by atoms with van der Waals surface area (Å²) in [5.74, 6) is 0. The van der Waals surface area contributed by atoms with Gasteiger partial charge in [0.2, 0.25) is 0 Å². The van der Waals surface area contributed by atoms with Crippen LogP contribution in [-0.4, -0.2) is 33.1 Å². The molecule has 0 amide bonds. The van der Waals surface area contributed by atoms with Gasteiger partial charge in [0.25, 0.3) is 5.03 Å². The third-order valence-corrected chi connectivity index (χ3v) is 5.12. The Bertz CT molecular complexity index is 558. The molecule has 5 heteroatoms. The molecule has 1 aliphatic rings. The quantitative estimate of drug-likeness (QED) is 0.877. The van der Waals surface area contributed by atoms with E-state index in [0.717, 1.165) is 37.1 Å². The smallest absolute Gasteiger partial charge is 0.264 e. The molecular weight excluding hydrogens is 270 g/mol. The average Bonchev–Trinajstić information content (AvgIpc) is 2.56. The monoisotopic (exact) mass is 287 g/mol. The molecule has 1 fully saturated rings. The molecule has 3 rings (SSSR count). The first kappa shape index (κ1) is 13.5. The van der Waals surface area contributed by atoms with E-state index in [1.54, 1.807) is 6.20 Å². The molecule has 0 bridgehead atoms. The minimum atomic E-state index is -1.09. The Hall–Kier alpha value is -1.43. The van der Waals surface area contributed by atoms with Crippen molar-refractivity contribution in [3.63, 3.8) is 0 Å². The van der Waals surface area contributed by atoms with Gasteiger partial charge in [-0.1, -0.05) is 35.4 Å². The average molecular weight is 287 g/mol. The minimum absolute atomic E-state index is 0.143. The van der Waals surface area contributed by atoms with Gasteiger partial charge in [-0.25, -0.2) is 0 Å². The van der Waals surface area contributed by atoms with Crippen molar-refractivity contribution in [2.75, 3.05) is 13.1 Å². The molecule has 2 aromatic rings. The van der Waals surface area contributed by atoms with E-state index in [1.807, 2.05) is 36.4 Å². The molecule has 1 aromatic carbocycles. The Morgan fingerprint density at radius 3 is 2.80 bits per heavy atom. The number of hydrogen-bond acceptors (Lipinski definition) is 4. The highest BCUT2D eigenvalue weighted by Crippen LogP contribution is 2.23. The van der Waals surface area contributed by atoms with E-state index in [2.05, 4.69) is 15.5 Å². The lowest BCUT2D eigenvalue weighted by Crippen LogP contribution is -2.39. The second-order valence-corrected chi connectivity index (χ2v) is 6.59. The Morgan fingerprint density at radius 1 is 1.20 bits per heavy atom. The summed E-state index contributed by atoms with van der Waals surface area (Å²) in [6.07, 6.45) is 3.77. The molecule has 2 atom stereocenters. The molecule has 1 aliphatic heterocycles. The van der Waals surface area contributed by atoms with Gasteiger partial charge in [0.05, 0.1) is 6.20 Å². The van der Waals surface area contributed by atoms with E-state index in [0.29, 0.717) is 5.03 Å². The first-order valence-corrected chi connectivity index (χ1v) is 8.05. The first-order chi connectivity index (χ1) is 9.84. The largest absolute Gasteiger partial charge is 0.610 e. The molecular formula is C15H17N3OS. The topological polar surface area (TPSA) is 60.9 Å². The molecule has 2 unspecified atom stereocenters. The normalized spacial score (nSPS) is 20.6. The van der Waals surface area contributed by atoms with Crippen molar-refractivity contribution in [1.29, 1.82) is 0 Å². The summed E-state index contributed by atoms with van der Waals surface area (Å²) in [4.78, 5) is 0. The standard InChI is InChI=1S/C15H17N3OS/c19-20(14-7-4-8-16-11-14)15-9-13(10-17-18-15)12-5-2-1-3-6-12/h1-3,5-6,9-10,14,16H,4,7-8,11H2. The van der Waals surface area contributed by atoms with Gasteiger partial charge in [-0.2, -0.15) is 5.10 Å². The van der Waals surface area contributed by atoms with Gasteiger partial charge in [0.1, 0.15) is 5.25 Å². The van der Waals surface area contributed by atoms with Crippen LogP contribution in [0.1, 0.15) is 12.8 Å². The van der Waals surface area contributed by atoms with Gasteiger partial charge in [0.15, 0.2) is 0 Å². The molecule has 1 saturated heterocycles. The maximum absolute atomic E-state index is 12.6. The van der Waals surface area contributed by atoms with Crippen LogP contribution >= 0.6 is 0 Å². The van der Waals surface area contributed by atoms with Crippen LogP contribution in [0, 0.1) is 0 Å². The SMILES string of the molecule is [O-][S+](c1cc(-c2ccccc2)cnn1)C1CCCNC1. The number of nitrogens with zero attached hydrogens (tertiary/aromatic N) is 2. The van der Waals surface area contributed by atoms with Gasteiger partial charge >= 0.3 is 0 Å². The predicted octanol–water partition coefficient (Wildman–Crippen LogP) is 2.00. The van der Waals surface area contributed by atoms with Gasteiger partial charge in [-0.05, 0) is 24.9 Å². The van der Waals surface area contributed by atoms with E-state index < -0.39 is 11.2 Å². The van der Waals surface area contributed by atoms with Crippen LogP contribution in [-0.2, 0) is 11.2 Å². The minimum Gasteiger partial charge on any atom is -0.610 e. The number of benzene rings is 1. The molecule has 1 aromatic heterocycles. The summed E-state index contributed by atoms with van der Waals surface area (Å²) in [7, 11) is 0. The van der Waals surface area contributed by atoms with Crippen LogP contribution in [0.4, 0.5) is 0 Å². The summed E-state index contributed by atoms with van der Waals surface area (Å²) in [5.41, 5.74) is 2.04. The maximum Gasteiger partial charge on any atom is 0.264 e. The molecule has 2 heterocycles. The lowest BCUT2D eigenvalue weighted by molar-refractivity contribution is 0.494. The highest BCUT2D eigenvalue weighted by Gasteiger charge is 2.28. The van der Waals surface area contributed by atoms with Crippen LogP contribution in [0.3, 0.4) is 0 Å². The highest BCUT2D eigenvalue weighted by atomic mass is 32.2. The van der Waals surface area contributed by atoms with E-state index in [9.17, 15) is 4.55 Å². The molecule has 0 radical (unpaired) electrons. The molecule has 1 N–H and O–H groups in total. The highest BCUT2D eigenvalue weighted by molar-refractivity contribution is 7.92.